The van der Waals surface area contributed by atoms with Gasteiger partial charge in [-0.05, 0) is 44.2 Å². The Bertz CT molecular complexity index is 458. The van der Waals surface area contributed by atoms with Crippen molar-refractivity contribution in [3.8, 4) is 5.75 Å². The smallest absolute Gasteiger partial charge is 0.124 e. The average Bonchev–Trinajstić information content (AvgIpc) is 2.42. The van der Waals surface area contributed by atoms with Crippen molar-refractivity contribution < 1.29 is 4.74 Å². The summed E-state index contributed by atoms with van der Waals surface area (Å²) in [6.45, 7) is 4.76. The highest BCUT2D eigenvalue weighted by Gasteiger charge is 2.44. The Labute approximate surface area is 116 Å². The number of fused-ring (bicyclic) bond motifs is 1. The minimum absolute atomic E-state index is 0.0634. The van der Waals surface area contributed by atoms with Crippen LogP contribution < -0.4 is 10.1 Å². The van der Waals surface area contributed by atoms with Crippen LogP contribution in [0.25, 0.3) is 0 Å². The fourth-order valence-corrected chi connectivity index (χ4v) is 3.82. The maximum absolute atomic E-state index is 6.47. The zero-order chi connectivity index (χ0) is 13.5. The summed E-state index contributed by atoms with van der Waals surface area (Å²) in [6, 6.07) is 8.95. The summed E-state index contributed by atoms with van der Waals surface area (Å²) in [5.74, 6) is 2.69. The van der Waals surface area contributed by atoms with E-state index in [1.54, 1.807) is 0 Å². The van der Waals surface area contributed by atoms with E-state index in [4.69, 9.17) is 4.74 Å². The Morgan fingerprint density at radius 3 is 2.68 bits per heavy atom. The van der Waals surface area contributed by atoms with Gasteiger partial charge in [0.05, 0.1) is 0 Å². The van der Waals surface area contributed by atoms with E-state index < -0.39 is 0 Å². The van der Waals surface area contributed by atoms with Gasteiger partial charge in [0.1, 0.15) is 11.4 Å². The zero-order valence-corrected chi connectivity index (χ0v) is 12.3. The summed E-state index contributed by atoms with van der Waals surface area (Å²) in [5, 5.41) is 3.48. The van der Waals surface area contributed by atoms with Crippen molar-refractivity contribution in [1.82, 2.24) is 5.32 Å². The molecule has 2 aliphatic rings. The molecule has 0 saturated heterocycles. The normalized spacial score (nSPS) is 37.7. The SMILES string of the molecule is CNC1CC2(CCC(C)C(C)C2)Oc2ccccc21. The molecule has 1 aromatic rings. The molecular formula is C17H25NO. The van der Waals surface area contributed by atoms with Crippen molar-refractivity contribution in [2.45, 2.75) is 51.2 Å². The number of rotatable bonds is 1. The topological polar surface area (TPSA) is 21.3 Å². The second-order valence-electron chi connectivity index (χ2n) is 6.57. The van der Waals surface area contributed by atoms with Gasteiger partial charge in [-0.2, -0.15) is 0 Å². The highest BCUT2D eigenvalue weighted by atomic mass is 16.5. The highest BCUT2D eigenvalue weighted by molar-refractivity contribution is 5.39. The predicted octanol–water partition coefficient (Wildman–Crippen LogP) is 3.92. The van der Waals surface area contributed by atoms with E-state index in [9.17, 15) is 0 Å². The van der Waals surface area contributed by atoms with Gasteiger partial charge in [0, 0.05) is 18.0 Å². The van der Waals surface area contributed by atoms with Crippen molar-refractivity contribution >= 4 is 0 Å². The molecule has 3 rings (SSSR count). The zero-order valence-electron chi connectivity index (χ0n) is 12.3. The monoisotopic (exact) mass is 259 g/mol. The van der Waals surface area contributed by atoms with Crippen LogP contribution in [0.4, 0.5) is 0 Å². The van der Waals surface area contributed by atoms with Gasteiger partial charge in [0.2, 0.25) is 0 Å². The van der Waals surface area contributed by atoms with Gasteiger partial charge in [0.25, 0.3) is 0 Å². The summed E-state index contributed by atoms with van der Waals surface area (Å²) in [5.41, 5.74) is 1.38. The van der Waals surface area contributed by atoms with E-state index in [0.717, 1.165) is 24.0 Å². The highest BCUT2D eigenvalue weighted by Crippen LogP contribution is 2.48. The van der Waals surface area contributed by atoms with Crippen LogP contribution in [0.5, 0.6) is 5.75 Å². The van der Waals surface area contributed by atoms with Crippen LogP contribution in [0.3, 0.4) is 0 Å². The van der Waals surface area contributed by atoms with Gasteiger partial charge in [-0.3, -0.25) is 0 Å². The summed E-state index contributed by atoms with van der Waals surface area (Å²) in [7, 11) is 2.06. The van der Waals surface area contributed by atoms with Crippen LogP contribution in [0.15, 0.2) is 24.3 Å². The molecule has 4 unspecified atom stereocenters. The Morgan fingerprint density at radius 1 is 1.16 bits per heavy atom. The first-order valence-corrected chi connectivity index (χ1v) is 7.59. The van der Waals surface area contributed by atoms with Crippen molar-refractivity contribution in [1.29, 1.82) is 0 Å². The molecule has 1 aromatic carbocycles. The van der Waals surface area contributed by atoms with Crippen molar-refractivity contribution in [2.24, 2.45) is 11.8 Å². The van der Waals surface area contributed by atoms with E-state index in [1.807, 2.05) is 0 Å². The third-order valence-corrected chi connectivity index (χ3v) is 5.27. The minimum atomic E-state index is 0.0634. The molecule has 1 spiro atoms. The van der Waals surface area contributed by atoms with Gasteiger partial charge >= 0.3 is 0 Å². The number of nitrogens with one attached hydrogen (secondary N) is 1. The number of benzene rings is 1. The van der Waals surface area contributed by atoms with Gasteiger partial charge < -0.3 is 10.1 Å². The van der Waals surface area contributed by atoms with Crippen LogP contribution in [-0.4, -0.2) is 12.6 Å². The Hall–Kier alpha value is -1.02. The molecule has 1 N–H and O–H groups in total. The lowest BCUT2D eigenvalue weighted by atomic mass is 9.69. The molecule has 0 bridgehead atoms. The molecule has 4 atom stereocenters. The molecule has 19 heavy (non-hydrogen) atoms. The fraction of sp³-hybridized carbons (Fsp3) is 0.647. The molecule has 1 heterocycles. The molecule has 104 valence electrons. The third kappa shape index (κ3) is 2.27. The van der Waals surface area contributed by atoms with Crippen LogP contribution >= 0.6 is 0 Å². The molecule has 2 nitrogen and oxygen atoms in total. The summed E-state index contributed by atoms with van der Waals surface area (Å²) >= 11 is 0. The molecule has 1 saturated carbocycles. The van der Waals surface area contributed by atoms with E-state index >= 15 is 0 Å². The third-order valence-electron chi connectivity index (χ3n) is 5.27. The summed E-state index contributed by atoms with van der Waals surface area (Å²) in [4.78, 5) is 0. The van der Waals surface area contributed by atoms with Crippen molar-refractivity contribution in [3.63, 3.8) is 0 Å². The Morgan fingerprint density at radius 2 is 1.95 bits per heavy atom. The van der Waals surface area contributed by atoms with Gasteiger partial charge in [0.15, 0.2) is 0 Å². The number of ether oxygens (including phenoxy) is 1. The average molecular weight is 259 g/mol. The number of hydrogen-bond donors (Lipinski definition) is 1. The van der Waals surface area contributed by atoms with Crippen LogP contribution in [0.2, 0.25) is 0 Å². The summed E-state index contributed by atoms with van der Waals surface area (Å²) in [6.07, 6.45) is 4.79. The molecule has 0 radical (unpaired) electrons. The lowest BCUT2D eigenvalue weighted by Crippen LogP contribution is -2.48. The van der Waals surface area contributed by atoms with Crippen molar-refractivity contribution in [3.05, 3.63) is 29.8 Å². The lowest BCUT2D eigenvalue weighted by Gasteiger charge is -2.47. The lowest BCUT2D eigenvalue weighted by molar-refractivity contribution is -0.0316. The van der Waals surface area contributed by atoms with Crippen LogP contribution in [-0.2, 0) is 0 Å². The van der Waals surface area contributed by atoms with Crippen LogP contribution in [0, 0.1) is 11.8 Å². The van der Waals surface area contributed by atoms with Gasteiger partial charge in [-0.15, -0.1) is 0 Å². The Kier molecular flexibility index (Phi) is 3.30. The van der Waals surface area contributed by atoms with E-state index in [0.29, 0.717) is 6.04 Å². The predicted molar refractivity (Wildman–Crippen MR) is 78.4 cm³/mol. The van der Waals surface area contributed by atoms with E-state index in [1.165, 1.54) is 24.8 Å². The Balaban J connectivity index is 1.91. The first-order valence-electron chi connectivity index (χ1n) is 7.59. The maximum Gasteiger partial charge on any atom is 0.124 e. The second-order valence-corrected chi connectivity index (χ2v) is 6.57. The number of hydrogen-bond acceptors (Lipinski definition) is 2. The van der Waals surface area contributed by atoms with Crippen molar-refractivity contribution in [2.75, 3.05) is 7.05 Å². The quantitative estimate of drug-likeness (QED) is 0.825. The largest absolute Gasteiger partial charge is 0.487 e. The molecule has 0 amide bonds. The van der Waals surface area contributed by atoms with Gasteiger partial charge in [-0.25, -0.2) is 0 Å². The molecule has 2 heteroatoms. The van der Waals surface area contributed by atoms with E-state index in [2.05, 4.69) is 50.5 Å². The fourth-order valence-electron chi connectivity index (χ4n) is 3.82. The van der Waals surface area contributed by atoms with Crippen LogP contribution in [0.1, 0.15) is 51.1 Å². The first kappa shape index (κ1) is 13.0. The first-order chi connectivity index (χ1) is 9.13. The number of para-hydroxylation sites is 1. The molecule has 1 aliphatic carbocycles. The molecule has 1 fully saturated rings. The standard InChI is InChI=1S/C17H25NO/c1-12-8-9-17(10-13(12)2)11-15(18-3)14-6-4-5-7-16(14)19-17/h4-7,12-13,15,18H,8-11H2,1-3H3. The van der Waals surface area contributed by atoms with Gasteiger partial charge in [-0.1, -0.05) is 32.0 Å². The molecular weight excluding hydrogens is 234 g/mol. The summed E-state index contributed by atoms with van der Waals surface area (Å²) < 4.78 is 6.47. The molecule has 1 aliphatic heterocycles. The van der Waals surface area contributed by atoms with E-state index in [-0.39, 0.29) is 5.60 Å². The second kappa shape index (κ2) is 4.82. The maximum atomic E-state index is 6.47. The molecule has 0 aromatic heterocycles. The minimum Gasteiger partial charge on any atom is -0.487 e.